The molecule has 8 heavy (non-hydrogen) atoms. The Morgan fingerprint density at radius 1 is 1.50 bits per heavy atom. The van der Waals surface area contributed by atoms with Crippen LogP contribution in [0.3, 0.4) is 0 Å². The first-order valence-corrected chi connectivity index (χ1v) is 3.94. The standard InChI is InChI=1S/C6H16NP/c1-5(4-8)3-6(2)7/h5-6H,3-4,7-8H2,1-2H3. The fraction of sp³-hybridized carbons (Fsp3) is 1.00. The van der Waals surface area contributed by atoms with Crippen LogP contribution in [0.4, 0.5) is 0 Å². The predicted molar refractivity (Wildman–Crippen MR) is 42.0 cm³/mol. The molecule has 0 aliphatic carbocycles. The van der Waals surface area contributed by atoms with E-state index in [1.807, 2.05) is 0 Å². The van der Waals surface area contributed by atoms with Crippen molar-refractivity contribution in [1.82, 2.24) is 0 Å². The highest BCUT2D eigenvalue weighted by molar-refractivity contribution is 7.16. The second kappa shape index (κ2) is 4.29. The van der Waals surface area contributed by atoms with E-state index in [4.69, 9.17) is 5.73 Å². The van der Waals surface area contributed by atoms with Gasteiger partial charge in [-0.25, -0.2) is 0 Å². The molecule has 0 amide bonds. The zero-order valence-electron chi connectivity index (χ0n) is 5.72. The average Bonchev–Trinajstić information content (AvgIpc) is 1.65. The molecular formula is C6H16NP. The Hall–Kier alpha value is 0.390. The fourth-order valence-corrected chi connectivity index (χ4v) is 0.923. The van der Waals surface area contributed by atoms with Gasteiger partial charge in [0.15, 0.2) is 0 Å². The molecule has 3 atom stereocenters. The molecular weight excluding hydrogens is 117 g/mol. The van der Waals surface area contributed by atoms with Gasteiger partial charge in [0.25, 0.3) is 0 Å². The van der Waals surface area contributed by atoms with Gasteiger partial charge < -0.3 is 5.73 Å². The van der Waals surface area contributed by atoms with Crippen LogP contribution in [0.2, 0.25) is 0 Å². The first kappa shape index (κ1) is 8.39. The monoisotopic (exact) mass is 133 g/mol. The highest BCUT2D eigenvalue weighted by atomic mass is 31.0. The second-order valence-electron chi connectivity index (χ2n) is 2.55. The lowest BCUT2D eigenvalue weighted by atomic mass is 10.1. The van der Waals surface area contributed by atoms with Crippen LogP contribution in [0.15, 0.2) is 0 Å². The molecule has 1 nitrogen and oxygen atoms in total. The Balaban J connectivity index is 3.10. The largest absolute Gasteiger partial charge is 0.328 e. The Kier molecular flexibility index (Phi) is 4.50. The molecule has 0 aliphatic heterocycles. The maximum atomic E-state index is 5.56. The van der Waals surface area contributed by atoms with Gasteiger partial charge in [-0.2, -0.15) is 0 Å². The lowest BCUT2D eigenvalue weighted by molar-refractivity contribution is 0.527. The van der Waals surface area contributed by atoms with Crippen molar-refractivity contribution in [1.29, 1.82) is 0 Å². The zero-order chi connectivity index (χ0) is 6.57. The van der Waals surface area contributed by atoms with E-state index >= 15 is 0 Å². The fourth-order valence-electron chi connectivity index (χ4n) is 0.731. The number of rotatable bonds is 3. The van der Waals surface area contributed by atoms with Gasteiger partial charge in [-0.15, -0.1) is 9.24 Å². The van der Waals surface area contributed by atoms with Crippen molar-refractivity contribution in [2.45, 2.75) is 26.3 Å². The Labute approximate surface area is 54.2 Å². The van der Waals surface area contributed by atoms with Crippen LogP contribution in [0.5, 0.6) is 0 Å². The third kappa shape index (κ3) is 4.55. The summed E-state index contributed by atoms with van der Waals surface area (Å²) >= 11 is 0. The molecule has 50 valence electrons. The third-order valence-corrected chi connectivity index (χ3v) is 1.98. The summed E-state index contributed by atoms with van der Waals surface area (Å²) in [5.74, 6) is 0.764. The molecule has 3 unspecified atom stereocenters. The summed E-state index contributed by atoms with van der Waals surface area (Å²) in [6, 6.07) is 0.366. The maximum absolute atomic E-state index is 5.56. The minimum Gasteiger partial charge on any atom is -0.328 e. The van der Waals surface area contributed by atoms with Crippen molar-refractivity contribution in [2.75, 3.05) is 6.16 Å². The first-order chi connectivity index (χ1) is 3.66. The van der Waals surface area contributed by atoms with E-state index < -0.39 is 0 Å². The SMILES string of the molecule is CC(N)CC(C)CP. The molecule has 0 radical (unpaired) electrons. The molecule has 0 aromatic carbocycles. The van der Waals surface area contributed by atoms with Crippen molar-refractivity contribution < 1.29 is 0 Å². The van der Waals surface area contributed by atoms with Crippen LogP contribution < -0.4 is 5.73 Å². The topological polar surface area (TPSA) is 26.0 Å². The summed E-state index contributed by atoms with van der Waals surface area (Å²) in [4.78, 5) is 0. The molecule has 0 saturated carbocycles. The van der Waals surface area contributed by atoms with Gasteiger partial charge in [0, 0.05) is 6.04 Å². The lowest BCUT2D eigenvalue weighted by Crippen LogP contribution is -2.18. The van der Waals surface area contributed by atoms with E-state index in [9.17, 15) is 0 Å². The van der Waals surface area contributed by atoms with Crippen LogP contribution in [0.1, 0.15) is 20.3 Å². The van der Waals surface area contributed by atoms with Gasteiger partial charge in [-0.05, 0) is 25.4 Å². The van der Waals surface area contributed by atoms with Gasteiger partial charge in [0.1, 0.15) is 0 Å². The van der Waals surface area contributed by atoms with Gasteiger partial charge in [-0.3, -0.25) is 0 Å². The molecule has 0 fully saturated rings. The minimum absolute atomic E-state index is 0.366. The average molecular weight is 133 g/mol. The highest BCUT2D eigenvalue weighted by Crippen LogP contribution is 2.06. The molecule has 0 aliphatic rings. The van der Waals surface area contributed by atoms with Gasteiger partial charge in [-0.1, -0.05) is 6.92 Å². The summed E-state index contributed by atoms with van der Waals surface area (Å²) in [6.07, 6.45) is 2.31. The first-order valence-electron chi connectivity index (χ1n) is 3.12. The maximum Gasteiger partial charge on any atom is 0.00131 e. The molecule has 0 rings (SSSR count). The smallest absolute Gasteiger partial charge is 0.00131 e. The second-order valence-corrected chi connectivity index (χ2v) is 3.03. The van der Waals surface area contributed by atoms with Crippen molar-refractivity contribution in [3.05, 3.63) is 0 Å². The minimum atomic E-state index is 0.366. The summed E-state index contributed by atoms with van der Waals surface area (Å²) in [5.41, 5.74) is 5.56. The van der Waals surface area contributed by atoms with Gasteiger partial charge >= 0.3 is 0 Å². The Morgan fingerprint density at radius 2 is 2.00 bits per heavy atom. The molecule has 2 N–H and O–H groups in total. The highest BCUT2D eigenvalue weighted by Gasteiger charge is 2.00. The van der Waals surface area contributed by atoms with Crippen LogP contribution in [0, 0.1) is 5.92 Å². The number of hydrogen-bond donors (Lipinski definition) is 1. The normalized spacial score (nSPS) is 18.0. The van der Waals surface area contributed by atoms with Crippen LogP contribution in [-0.2, 0) is 0 Å². The molecule has 2 heteroatoms. The number of nitrogens with two attached hydrogens (primary N) is 1. The quantitative estimate of drug-likeness (QED) is 0.576. The van der Waals surface area contributed by atoms with E-state index in [2.05, 4.69) is 23.1 Å². The molecule has 0 bridgehead atoms. The lowest BCUT2D eigenvalue weighted by Gasteiger charge is -2.09. The summed E-state index contributed by atoms with van der Waals surface area (Å²) in [7, 11) is 2.73. The summed E-state index contributed by atoms with van der Waals surface area (Å²) in [5, 5.41) is 0. The predicted octanol–water partition coefficient (Wildman–Crippen LogP) is 1.23. The van der Waals surface area contributed by atoms with Crippen LogP contribution >= 0.6 is 9.24 Å². The Bertz CT molecular complexity index is 54.5. The number of hydrogen-bond acceptors (Lipinski definition) is 1. The molecule has 0 saturated heterocycles. The van der Waals surface area contributed by atoms with Crippen molar-refractivity contribution in [2.24, 2.45) is 11.7 Å². The van der Waals surface area contributed by atoms with E-state index in [1.165, 1.54) is 6.16 Å². The molecule has 0 aromatic heterocycles. The summed E-state index contributed by atoms with van der Waals surface area (Å²) < 4.78 is 0. The van der Waals surface area contributed by atoms with Gasteiger partial charge in [0.2, 0.25) is 0 Å². The summed E-state index contributed by atoms with van der Waals surface area (Å²) in [6.45, 7) is 4.27. The third-order valence-electron chi connectivity index (χ3n) is 1.18. The van der Waals surface area contributed by atoms with Gasteiger partial charge in [0.05, 0.1) is 0 Å². The Morgan fingerprint density at radius 3 is 2.12 bits per heavy atom. The van der Waals surface area contributed by atoms with E-state index in [-0.39, 0.29) is 0 Å². The van der Waals surface area contributed by atoms with E-state index in [0.717, 1.165) is 12.3 Å². The van der Waals surface area contributed by atoms with Crippen molar-refractivity contribution in [3.8, 4) is 0 Å². The van der Waals surface area contributed by atoms with E-state index in [1.54, 1.807) is 0 Å². The van der Waals surface area contributed by atoms with Crippen LogP contribution in [0.25, 0.3) is 0 Å². The molecule has 0 aromatic rings. The van der Waals surface area contributed by atoms with Crippen molar-refractivity contribution in [3.63, 3.8) is 0 Å². The van der Waals surface area contributed by atoms with Crippen LogP contribution in [-0.4, -0.2) is 12.2 Å². The zero-order valence-corrected chi connectivity index (χ0v) is 6.88. The van der Waals surface area contributed by atoms with Crippen molar-refractivity contribution >= 4 is 9.24 Å². The molecule has 0 heterocycles. The molecule has 0 spiro atoms. The van der Waals surface area contributed by atoms with E-state index in [0.29, 0.717) is 6.04 Å².